The van der Waals surface area contributed by atoms with E-state index in [9.17, 15) is 14.7 Å². The fraction of sp³-hybridized carbons (Fsp3) is 0.158. The van der Waals surface area contributed by atoms with Gasteiger partial charge in [0.2, 0.25) is 0 Å². The molecule has 0 spiro atoms. The SMILES string of the molecule is COc1ccc2c(c1)c(CC(=O)O)c(C)n2C(=O)c1ccc(Cl)cc1.[Pb]. The molecule has 0 fully saturated rings. The Labute approximate surface area is 175 Å². The van der Waals surface area contributed by atoms with Gasteiger partial charge in [-0.1, -0.05) is 11.6 Å². The zero-order valence-corrected chi connectivity index (χ0v) is 18.9. The Balaban J connectivity index is 0.00000243. The number of aromatic nitrogens is 1. The number of aliphatic carboxylic acids is 1. The van der Waals surface area contributed by atoms with Gasteiger partial charge < -0.3 is 9.84 Å². The van der Waals surface area contributed by atoms with Gasteiger partial charge in [-0.3, -0.25) is 14.2 Å². The Hall–Kier alpha value is -1.87. The second kappa shape index (κ2) is 8.22. The summed E-state index contributed by atoms with van der Waals surface area (Å²) >= 11 is 5.89. The average Bonchev–Trinajstić information content (AvgIpc) is 2.86. The molecule has 1 aromatic heterocycles. The summed E-state index contributed by atoms with van der Waals surface area (Å²) in [6.07, 6.45) is -0.170. The van der Waals surface area contributed by atoms with Gasteiger partial charge in [0.25, 0.3) is 5.91 Å². The standard InChI is InChI=1S/C19H16ClNO4.Pb/c1-11-15(10-18(22)23)16-9-14(25-2)7-8-17(16)21(11)19(24)12-3-5-13(20)6-4-12;/h3-9H,10H2,1-2H3,(H,22,23);. The smallest absolute Gasteiger partial charge is 0.307 e. The molecule has 0 saturated heterocycles. The molecule has 0 aliphatic rings. The van der Waals surface area contributed by atoms with Crippen LogP contribution in [-0.2, 0) is 11.2 Å². The number of halogens is 1. The molecule has 0 amide bonds. The van der Waals surface area contributed by atoms with Crippen molar-refractivity contribution in [1.82, 2.24) is 4.57 Å². The number of hydrogen-bond acceptors (Lipinski definition) is 3. The maximum atomic E-state index is 13.0. The molecule has 132 valence electrons. The monoisotopic (exact) mass is 565 g/mol. The number of carbonyl (C=O) groups excluding carboxylic acids is 1. The average molecular weight is 565 g/mol. The first kappa shape index (κ1) is 20.4. The number of benzene rings is 2. The van der Waals surface area contributed by atoms with Crippen LogP contribution in [0.4, 0.5) is 0 Å². The van der Waals surface area contributed by atoms with E-state index in [0.717, 1.165) is 0 Å². The molecule has 1 heterocycles. The predicted molar refractivity (Wildman–Crippen MR) is 102 cm³/mol. The Morgan fingerprint density at radius 1 is 1.15 bits per heavy atom. The third-order valence-electron chi connectivity index (χ3n) is 4.16. The number of carbonyl (C=O) groups is 2. The van der Waals surface area contributed by atoms with E-state index in [0.29, 0.717) is 38.5 Å². The van der Waals surface area contributed by atoms with E-state index in [1.165, 1.54) is 4.57 Å². The summed E-state index contributed by atoms with van der Waals surface area (Å²) in [7, 11) is 1.54. The van der Waals surface area contributed by atoms with Crippen molar-refractivity contribution in [1.29, 1.82) is 0 Å². The van der Waals surface area contributed by atoms with Crippen LogP contribution in [0.25, 0.3) is 10.9 Å². The molecule has 0 aliphatic heterocycles. The third kappa shape index (κ3) is 3.78. The van der Waals surface area contributed by atoms with Crippen LogP contribution in [0, 0.1) is 6.92 Å². The third-order valence-corrected chi connectivity index (χ3v) is 4.42. The van der Waals surface area contributed by atoms with Gasteiger partial charge in [-0.05, 0) is 55.0 Å². The number of nitrogens with zero attached hydrogens (tertiary/aromatic N) is 1. The number of methoxy groups -OCH3 is 1. The fourth-order valence-electron chi connectivity index (χ4n) is 2.95. The van der Waals surface area contributed by atoms with Crippen LogP contribution in [0.3, 0.4) is 0 Å². The van der Waals surface area contributed by atoms with Gasteiger partial charge in [0, 0.05) is 49.0 Å². The van der Waals surface area contributed by atoms with Crippen LogP contribution < -0.4 is 4.74 Å². The first-order valence-corrected chi connectivity index (χ1v) is 8.00. The van der Waals surface area contributed by atoms with Crippen molar-refractivity contribution >= 4 is 61.7 Å². The van der Waals surface area contributed by atoms with Gasteiger partial charge in [-0.15, -0.1) is 0 Å². The van der Waals surface area contributed by atoms with Crippen molar-refractivity contribution in [2.24, 2.45) is 0 Å². The molecule has 5 nitrogen and oxygen atoms in total. The Morgan fingerprint density at radius 2 is 1.81 bits per heavy atom. The van der Waals surface area contributed by atoms with Crippen LogP contribution >= 0.6 is 11.6 Å². The topological polar surface area (TPSA) is 68.5 Å². The zero-order chi connectivity index (χ0) is 18.1. The largest absolute Gasteiger partial charge is 0.497 e. The Kier molecular flexibility index (Phi) is 6.46. The molecule has 0 aliphatic carbocycles. The van der Waals surface area contributed by atoms with Crippen LogP contribution in [0.2, 0.25) is 5.02 Å². The van der Waals surface area contributed by atoms with E-state index in [1.54, 1.807) is 56.5 Å². The number of rotatable bonds is 4. The zero-order valence-electron chi connectivity index (χ0n) is 14.2. The van der Waals surface area contributed by atoms with Gasteiger partial charge in [0.05, 0.1) is 19.0 Å². The van der Waals surface area contributed by atoms with Crippen LogP contribution in [0.15, 0.2) is 42.5 Å². The molecule has 0 atom stereocenters. The molecule has 26 heavy (non-hydrogen) atoms. The molecule has 4 radical (unpaired) electrons. The van der Waals surface area contributed by atoms with Crippen molar-refractivity contribution in [3.05, 3.63) is 64.3 Å². The van der Waals surface area contributed by atoms with Gasteiger partial charge in [-0.25, -0.2) is 0 Å². The Morgan fingerprint density at radius 3 is 2.38 bits per heavy atom. The van der Waals surface area contributed by atoms with Gasteiger partial charge in [-0.2, -0.15) is 0 Å². The van der Waals surface area contributed by atoms with E-state index in [4.69, 9.17) is 16.3 Å². The summed E-state index contributed by atoms with van der Waals surface area (Å²) in [5.41, 5.74) is 2.32. The number of hydrogen-bond donors (Lipinski definition) is 1. The minimum Gasteiger partial charge on any atom is -0.497 e. The second-order valence-electron chi connectivity index (χ2n) is 5.67. The van der Waals surface area contributed by atoms with E-state index in [2.05, 4.69) is 0 Å². The first-order valence-electron chi connectivity index (χ1n) is 7.62. The maximum absolute atomic E-state index is 13.0. The number of carboxylic acid groups (broad SMARTS) is 1. The maximum Gasteiger partial charge on any atom is 0.307 e. The predicted octanol–water partition coefficient (Wildman–Crippen LogP) is 3.55. The van der Waals surface area contributed by atoms with Crippen molar-refractivity contribution in [2.45, 2.75) is 13.3 Å². The Bertz CT molecular complexity index is 979. The molecule has 3 rings (SSSR count). The van der Waals surface area contributed by atoms with Crippen molar-refractivity contribution in [3.8, 4) is 5.75 Å². The minimum absolute atomic E-state index is 0. The van der Waals surface area contributed by atoms with Crippen LogP contribution in [0.5, 0.6) is 5.75 Å². The van der Waals surface area contributed by atoms with Gasteiger partial charge in [0.15, 0.2) is 0 Å². The second-order valence-corrected chi connectivity index (χ2v) is 6.10. The number of fused-ring (bicyclic) bond motifs is 1. The molecule has 0 unspecified atom stereocenters. The van der Waals surface area contributed by atoms with Crippen molar-refractivity contribution in [3.63, 3.8) is 0 Å². The summed E-state index contributed by atoms with van der Waals surface area (Å²) in [6.45, 7) is 1.75. The molecule has 0 saturated carbocycles. The summed E-state index contributed by atoms with van der Waals surface area (Å²) in [4.78, 5) is 24.3. The quantitative estimate of drug-likeness (QED) is 0.492. The van der Waals surface area contributed by atoms with Gasteiger partial charge in [0.1, 0.15) is 5.75 Å². The van der Waals surface area contributed by atoms with Crippen LogP contribution in [-0.4, -0.2) is 56.0 Å². The summed E-state index contributed by atoms with van der Waals surface area (Å²) in [5.74, 6) is -0.583. The fourth-order valence-corrected chi connectivity index (χ4v) is 3.07. The molecule has 7 heteroatoms. The van der Waals surface area contributed by atoms with Crippen molar-refractivity contribution < 1.29 is 19.4 Å². The summed E-state index contributed by atoms with van der Waals surface area (Å²) < 4.78 is 6.77. The molecule has 0 bridgehead atoms. The summed E-state index contributed by atoms with van der Waals surface area (Å²) in [6, 6.07) is 11.9. The minimum atomic E-state index is -0.955. The van der Waals surface area contributed by atoms with E-state index < -0.39 is 5.97 Å². The number of carboxylic acids is 1. The molecular weight excluding hydrogens is 549 g/mol. The van der Waals surface area contributed by atoms with E-state index in [1.807, 2.05) is 0 Å². The van der Waals surface area contributed by atoms with Crippen molar-refractivity contribution in [2.75, 3.05) is 7.11 Å². The molecule has 3 aromatic rings. The molecule has 1 N–H and O–H groups in total. The van der Waals surface area contributed by atoms with E-state index in [-0.39, 0.29) is 39.6 Å². The molecular formula is C19H16ClNO4Pb. The van der Waals surface area contributed by atoms with E-state index >= 15 is 0 Å². The normalized spacial score (nSPS) is 10.4. The first-order chi connectivity index (χ1) is 11.9. The summed E-state index contributed by atoms with van der Waals surface area (Å²) in [5, 5.41) is 10.5. The van der Waals surface area contributed by atoms with Crippen LogP contribution in [0.1, 0.15) is 21.6 Å². The number of ether oxygens (including phenoxy) is 1. The molecule has 2 aromatic carbocycles. The van der Waals surface area contributed by atoms with Gasteiger partial charge >= 0.3 is 5.97 Å².